The van der Waals surface area contributed by atoms with Gasteiger partial charge in [-0.3, -0.25) is 4.79 Å². The third-order valence-electron chi connectivity index (χ3n) is 4.44. The van der Waals surface area contributed by atoms with Crippen molar-refractivity contribution >= 4 is 23.4 Å². The number of carbonyl (C=O) groups is 1. The Morgan fingerprint density at radius 1 is 1.24 bits per heavy atom. The van der Waals surface area contributed by atoms with E-state index in [9.17, 15) is 4.79 Å². The molecule has 2 aromatic rings. The van der Waals surface area contributed by atoms with Gasteiger partial charge in [0.15, 0.2) is 18.1 Å². The average molecular weight is 355 g/mol. The maximum atomic E-state index is 12.7. The summed E-state index contributed by atoms with van der Waals surface area (Å²) in [6.45, 7) is 4.84. The van der Waals surface area contributed by atoms with Crippen molar-refractivity contribution < 1.29 is 14.3 Å². The van der Waals surface area contributed by atoms with Crippen molar-refractivity contribution in [3.05, 3.63) is 48.0 Å². The number of nitrogens with zero attached hydrogens (tertiary/aromatic N) is 1. The zero-order chi connectivity index (χ0) is 17.4. The molecule has 2 heterocycles. The van der Waals surface area contributed by atoms with Crippen LogP contribution in [0.4, 0.5) is 5.69 Å². The minimum absolute atomic E-state index is 0.0131. The summed E-state index contributed by atoms with van der Waals surface area (Å²) in [5.41, 5.74) is 1.88. The SMILES string of the molecule is CC1(C)Cc2cccc(OCC(=O)N3CCSc4ccccc43)c2O1. The molecule has 0 unspecified atom stereocenters. The van der Waals surface area contributed by atoms with Crippen LogP contribution in [0.25, 0.3) is 0 Å². The van der Waals surface area contributed by atoms with Gasteiger partial charge in [0.05, 0.1) is 5.69 Å². The standard InChI is InChI=1S/C20H21NO3S/c1-20(2)12-14-6-5-8-16(19(14)24-20)23-13-18(22)21-10-11-25-17-9-4-3-7-15(17)21/h3-9H,10-13H2,1-2H3. The highest BCUT2D eigenvalue weighted by Gasteiger charge is 2.32. The van der Waals surface area contributed by atoms with Gasteiger partial charge in [-0.15, -0.1) is 11.8 Å². The van der Waals surface area contributed by atoms with Crippen LogP contribution in [0, 0.1) is 0 Å². The van der Waals surface area contributed by atoms with Crippen LogP contribution in [0.15, 0.2) is 47.4 Å². The molecular weight excluding hydrogens is 334 g/mol. The summed E-state index contributed by atoms with van der Waals surface area (Å²) in [7, 11) is 0. The number of carbonyl (C=O) groups excluding carboxylic acids is 1. The maximum Gasteiger partial charge on any atom is 0.264 e. The van der Waals surface area contributed by atoms with Gasteiger partial charge in [-0.25, -0.2) is 0 Å². The number of ether oxygens (including phenoxy) is 2. The summed E-state index contributed by atoms with van der Waals surface area (Å²) < 4.78 is 11.9. The van der Waals surface area contributed by atoms with E-state index in [0.717, 1.165) is 34.1 Å². The maximum absolute atomic E-state index is 12.7. The van der Waals surface area contributed by atoms with Crippen molar-refractivity contribution in [3.63, 3.8) is 0 Å². The van der Waals surface area contributed by atoms with Crippen LogP contribution in [-0.2, 0) is 11.2 Å². The van der Waals surface area contributed by atoms with Gasteiger partial charge in [-0.2, -0.15) is 0 Å². The predicted molar refractivity (Wildman–Crippen MR) is 99.9 cm³/mol. The Morgan fingerprint density at radius 3 is 2.96 bits per heavy atom. The van der Waals surface area contributed by atoms with E-state index < -0.39 is 0 Å². The first-order valence-corrected chi connectivity index (χ1v) is 9.48. The van der Waals surface area contributed by atoms with Crippen molar-refractivity contribution in [2.45, 2.75) is 30.8 Å². The summed E-state index contributed by atoms with van der Waals surface area (Å²) in [5.74, 6) is 2.30. The molecule has 2 aliphatic rings. The van der Waals surface area contributed by atoms with E-state index in [2.05, 4.69) is 26.0 Å². The first-order valence-electron chi connectivity index (χ1n) is 8.49. The number of hydrogen-bond acceptors (Lipinski definition) is 4. The molecule has 0 spiro atoms. The molecule has 0 N–H and O–H groups in total. The van der Waals surface area contributed by atoms with Gasteiger partial charge in [0.25, 0.3) is 5.91 Å². The fourth-order valence-corrected chi connectivity index (χ4v) is 4.34. The van der Waals surface area contributed by atoms with Crippen LogP contribution in [0.2, 0.25) is 0 Å². The van der Waals surface area contributed by atoms with Gasteiger partial charge in [0, 0.05) is 29.2 Å². The molecule has 0 fully saturated rings. The monoisotopic (exact) mass is 355 g/mol. The topological polar surface area (TPSA) is 38.8 Å². The summed E-state index contributed by atoms with van der Waals surface area (Å²) in [4.78, 5) is 15.7. The van der Waals surface area contributed by atoms with Gasteiger partial charge in [-0.1, -0.05) is 24.3 Å². The number of thioether (sulfide) groups is 1. The third-order valence-corrected chi connectivity index (χ3v) is 5.48. The van der Waals surface area contributed by atoms with Gasteiger partial charge in [-0.05, 0) is 32.0 Å². The fourth-order valence-electron chi connectivity index (χ4n) is 3.35. The minimum Gasteiger partial charge on any atom is -0.483 e. The van der Waals surface area contributed by atoms with Crippen LogP contribution in [-0.4, -0.2) is 30.4 Å². The molecule has 0 aliphatic carbocycles. The van der Waals surface area contributed by atoms with Crippen LogP contribution in [0.5, 0.6) is 11.5 Å². The van der Waals surface area contributed by atoms with E-state index in [0.29, 0.717) is 12.3 Å². The van der Waals surface area contributed by atoms with Crippen molar-refractivity contribution in [1.82, 2.24) is 0 Å². The molecule has 4 nitrogen and oxygen atoms in total. The highest BCUT2D eigenvalue weighted by Crippen LogP contribution is 2.42. The van der Waals surface area contributed by atoms with E-state index in [-0.39, 0.29) is 18.1 Å². The lowest BCUT2D eigenvalue weighted by Crippen LogP contribution is -2.38. The number of amides is 1. The van der Waals surface area contributed by atoms with E-state index in [1.807, 2.05) is 35.2 Å². The average Bonchev–Trinajstić information content (AvgIpc) is 2.93. The van der Waals surface area contributed by atoms with Crippen LogP contribution < -0.4 is 14.4 Å². The van der Waals surface area contributed by atoms with Gasteiger partial charge >= 0.3 is 0 Å². The second-order valence-electron chi connectivity index (χ2n) is 6.93. The van der Waals surface area contributed by atoms with Crippen molar-refractivity contribution in [3.8, 4) is 11.5 Å². The molecule has 2 aliphatic heterocycles. The van der Waals surface area contributed by atoms with Gasteiger partial charge < -0.3 is 14.4 Å². The molecule has 1 amide bonds. The van der Waals surface area contributed by atoms with Crippen LogP contribution >= 0.6 is 11.8 Å². The Kier molecular flexibility index (Phi) is 4.12. The molecule has 130 valence electrons. The third kappa shape index (κ3) is 3.21. The molecule has 0 aromatic heterocycles. The Labute approximate surface area is 152 Å². The van der Waals surface area contributed by atoms with E-state index in [1.54, 1.807) is 11.8 Å². The quantitative estimate of drug-likeness (QED) is 0.837. The molecule has 0 bridgehead atoms. The molecular formula is C20H21NO3S. The van der Waals surface area contributed by atoms with E-state index in [1.165, 1.54) is 0 Å². The second-order valence-corrected chi connectivity index (χ2v) is 8.07. The van der Waals surface area contributed by atoms with E-state index in [4.69, 9.17) is 9.47 Å². The number of anilines is 1. The largest absolute Gasteiger partial charge is 0.483 e. The second kappa shape index (κ2) is 6.30. The Balaban J connectivity index is 1.49. The fraction of sp³-hybridized carbons (Fsp3) is 0.350. The molecule has 0 saturated carbocycles. The Bertz CT molecular complexity index is 818. The van der Waals surface area contributed by atoms with Gasteiger partial charge in [0.2, 0.25) is 0 Å². The molecule has 2 aromatic carbocycles. The highest BCUT2D eigenvalue weighted by atomic mass is 32.2. The molecule has 4 rings (SSSR count). The summed E-state index contributed by atoms with van der Waals surface area (Å²) in [6.07, 6.45) is 0.851. The lowest BCUT2D eigenvalue weighted by molar-refractivity contribution is -0.120. The Hall–Kier alpha value is -2.14. The van der Waals surface area contributed by atoms with Crippen molar-refractivity contribution in [2.24, 2.45) is 0 Å². The summed E-state index contributed by atoms with van der Waals surface area (Å²) in [6, 6.07) is 13.9. The lowest BCUT2D eigenvalue weighted by Gasteiger charge is -2.29. The van der Waals surface area contributed by atoms with E-state index >= 15 is 0 Å². The summed E-state index contributed by atoms with van der Waals surface area (Å²) in [5, 5.41) is 0. The predicted octanol–water partition coefficient (Wildman–Crippen LogP) is 3.92. The van der Waals surface area contributed by atoms with Crippen LogP contribution in [0.1, 0.15) is 19.4 Å². The molecule has 0 atom stereocenters. The first-order chi connectivity index (χ1) is 12.0. The first kappa shape index (κ1) is 16.3. The number of fused-ring (bicyclic) bond motifs is 2. The molecule has 0 saturated heterocycles. The van der Waals surface area contributed by atoms with Crippen LogP contribution in [0.3, 0.4) is 0 Å². The minimum atomic E-state index is -0.227. The zero-order valence-electron chi connectivity index (χ0n) is 14.5. The number of hydrogen-bond donors (Lipinski definition) is 0. The lowest BCUT2D eigenvalue weighted by atomic mass is 10.0. The van der Waals surface area contributed by atoms with Crippen molar-refractivity contribution in [1.29, 1.82) is 0 Å². The number of benzene rings is 2. The molecule has 5 heteroatoms. The smallest absolute Gasteiger partial charge is 0.264 e. The highest BCUT2D eigenvalue weighted by molar-refractivity contribution is 7.99. The molecule has 0 radical (unpaired) electrons. The van der Waals surface area contributed by atoms with Crippen molar-refractivity contribution in [2.75, 3.05) is 23.8 Å². The number of para-hydroxylation sites is 2. The normalized spacial score (nSPS) is 17.4. The molecule has 25 heavy (non-hydrogen) atoms. The Morgan fingerprint density at radius 2 is 2.08 bits per heavy atom. The number of rotatable bonds is 3. The zero-order valence-corrected chi connectivity index (χ0v) is 15.3. The summed E-state index contributed by atoms with van der Waals surface area (Å²) >= 11 is 1.79. The van der Waals surface area contributed by atoms with Gasteiger partial charge in [0.1, 0.15) is 5.60 Å².